The van der Waals surface area contributed by atoms with Gasteiger partial charge in [0.2, 0.25) is 6.79 Å². The van der Waals surface area contributed by atoms with Crippen LogP contribution in [-0.4, -0.2) is 32.9 Å². The van der Waals surface area contributed by atoms with Crippen LogP contribution in [0.5, 0.6) is 11.5 Å². The Kier molecular flexibility index (Phi) is 4.91. The van der Waals surface area contributed by atoms with Gasteiger partial charge in [-0.2, -0.15) is 5.01 Å². The van der Waals surface area contributed by atoms with Crippen LogP contribution < -0.4 is 14.9 Å². The highest BCUT2D eigenvalue weighted by molar-refractivity contribution is 8.26. The Morgan fingerprint density at radius 3 is 2.66 bits per heavy atom. The van der Waals surface area contributed by atoms with E-state index < -0.39 is 16.7 Å². The summed E-state index contributed by atoms with van der Waals surface area (Å²) in [6.45, 7) is 0.148. The van der Waals surface area contributed by atoms with Crippen molar-refractivity contribution < 1.29 is 24.0 Å². The van der Waals surface area contributed by atoms with Gasteiger partial charge in [-0.3, -0.25) is 25.1 Å². The van der Waals surface area contributed by atoms with Crippen LogP contribution in [0.2, 0.25) is 0 Å². The average molecular weight is 429 g/mol. The first-order chi connectivity index (χ1) is 13.9. The maximum absolute atomic E-state index is 12.7. The van der Waals surface area contributed by atoms with Crippen molar-refractivity contribution >= 4 is 51.9 Å². The van der Waals surface area contributed by atoms with Crippen molar-refractivity contribution in [3.05, 3.63) is 68.6 Å². The predicted octanol–water partition coefficient (Wildman–Crippen LogP) is 2.87. The molecule has 146 valence electrons. The van der Waals surface area contributed by atoms with Gasteiger partial charge in [-0.25, -0.2) is 0 Å². The highest BCUT2D eigenvalue weighted by Gasteiger charge is 2.34. The predicted molar refractivity (Wildman–Crippen MR) is 108 cm³/mol. The molecule has 2 aliphatic heterocycles. The molecular weight excluding hydrogens is 418 g/mol. The summed E-state index contributed by atoms with van der Waals surface area (Å²) in [5.41, 5.74) is 3.16. The van der Waals surface area contributed by atoms with Crippen molar-refractivity contribution in [1.82, 2.24) is 10.4 Å². The molecule has 0 radical (unpaired) electrons. The lowest BCUT2D eigenvalue weighted by Gasteiger charge is -2.15. The minimum atomic E-state index is -0.611. The van der Waals surface area contributed by atoms with E-state index in [1.165, 1.54) is 24.3 Å². The molecule has 0 unspecified atom stereocenters. The van der Waals surface area contributed by atoms with Crippen molar-refractivity contribution in [2.75, 3.05) is 6.79 Å². The van der Waals surface area contributed by atoms with E-state index in [-0.39, 0.29) is 22.4 Å². The normalized spacial score (nSPS) is 16.4. The number of ether oxygens (including phenoxy) is 2. The topological polar surface area (TPSA) is 111 Å². The first kappa shape index (κ1) is 18.9. The fourth-order valence-corrected chi connectivity index (χ4v) is 3.80. The number of benzene rings is 2. The van der Waals surface area contributed by atoms with Crippen molar-refractivity contribution in [1.29, 1.82) is 0 Å². The molecule has 9 nitrogen and oxygen atoms in total. The highest BCUT2D eigenvalue weighted by Crippen LogP contribution is 2.36. The van der Waals surface area contributed by atoms with E-state index in [1.807, 2.05) is 0 Å². The number of carbonyl (C=O) groups excluding carboxylic acids is 2. The van der Waals surface area contributed by atoms with Crippen molar-refractivity contribution in [3.8, 4) is 11.5 Å². The molecule has 11 heteroatoms. The summed E-state index contributed by atoms with van der Waals surface area (Å²) in [5, 5.41) is 11.7. The number of thiocarbonyl (C=S) groups is 1. The molecule has 0 bridgehead atoms. The third-order valence-corrected chi connectivity index (χ3v) is 5.34. The summed E-state index contributed by atoms with van der Waals surface area (Å²) in [5.74, 6) is 0.124. The van der Waals surface area contributed by atoms with Gasteiger partial charge in [0.1, 0.15) is 0 Å². The van der Waals surface area contributed by atoms with E-state index >= 15 is 0 Å². The van der Waals surface area contributed by atoms with Gasteiger partial charge in [-0.15, -0.1) is 0 Å². The van der Waals surface area contributed by atoms with Gasteiger partial charge in [0.15, 0.2) is 15.8 Å². The van der Waals surface area contributed by atoms with Gasteiger partial charge in [0.25, 0.3) is 17.5 Å². The Bertz CT molecular complexity index is 1080. The summed E-state index contributed by atoms with van der Waals surface area (Å²) < 4.78 is 10.7. The Labute approximate surface area is 173 Å². The maximum Gasteiger partial charge on any atom is 0.285 e. The third-order valence-electron chi connectivity index (χ3n) is 4.04. The van der Waals surface area contributed by atoms with Gasteiger partial charge in [0, 0.05) is 17.7 Å². The fourth-order valence-electron chi connectivity index (χ4n) is 2.62. The number of nitro benzene ring substituents is 1. The van der Waals surface area contributed by atoms with Gasteiger partial charge < -0.3 is 9.47 Å². The maximum atomic E-state index is 12.7. The molecule has 0 aromatic heterocycles. The number of fused-ring (bicyclic) bond motifs is 1. The standard InChI is InChI=1S/C18H11N3O6S2/c22-16(11-2-4-12(5-3-11)21(24)25)19-20-17(23)15(29-18(20)28)8-10-1-6-13-14(7-10)27-9-26-13/h1-8H,9H2,(H,19,22). The minimum absolute atomic E-state index is 0.140. The molecule has 1 fully saturated rings. The molecule has 0 saturated carbocycles. The Morgan fingerprint density at radius 2 is 1.93 bits per heavy atom. The number of rotatable bonds is 4. The Balaban J connectivity index is 1.49. The van der Waals surface area contributed by atoms with Crippen LogP contribution in [0.25, 0.3) is 6.08 Å². The molecular formula is C18H11N3O6S2. The molecule has 2 aromatic carbocycles. The van der Waals surface area contributed by atoms with Crippen molar-refractivity contribution in [3.63, 3.8) is 0 Å². The second kappa shape index (κ2) is 7.53. The van der Waals surface area contributed by atoms with Crippen molar-refractivity contribution in [2.24, 2.45) is 0 Å². The molecule has 0 atom stereocenters. The zero-order valence-corrected chi connectivity index (χ0v) is 16.1. The molecule has 2 aliphatic rings. The lowest BCUT2D eigenvalue weighted by atomic mass is 10.2. The quantitative estimate of drug-likeness (QED) is 0.342. The number of nitrogens with one attached hydrogen (secondary N) is 1. The van der Waals surface area contributed by atoms with Crippen molar-refractivity contribution in [2.45, 2.75) is 0 Å². The smallest absolute Gasteiger partial charge is 0.285 e. The van der Waals surface area contributed by atoms with E-state index in [0.29, 0.717) is 16.4 Å². The number of hydrogen-bond donors (Lipinski definition) is 1. The zero-order valence-electron chi connectivity index (χ0n) is 14.5. The Hall–Kier alpha value is -3.44. The fraction of sp³-hybridized carbons (Fsp3) is 0.0556. The number of carbonyl (C=O) groups is 2. The first-order valence-electron chi connectivity index (χ1n) is 8.15. The third kappa shape index (κ3) is 3.77. The average Bonchev–Trinajstić information content (AvgIpc) is 3.27. The van der Waals surface area contributed by atoms with Crippen LogP contribution in [0.1, 0.15) is 15.9 Å². The van der Waals surface area contributed by atoms with Crippen LogP contribution in [0.4, 0.5) is 5.69 Å². The van der Waals surface area contributed by atoms with Gasteiger partial charge >= 0.3 is 0 Å². The largest absolute Gasteiger partial charge is 0.454 e. The minimum Gasteiger partial charge on any atom is -0.454 e. The number of nitrogens with zero attached hydrogens (tertiary/aromatic N) is 2. The monoisotopic (exact) mass is 429 g/mol. The molecule has 0 aliphatic carbocycles. The second-order valence-electron chi connectivity index (χ2n) is 5.87. The Morgan fingerprint density at radius 1 is 1.21 bits per heavy atom. The van der Waals surface area contributed by atoms with Gasteiger partial charge in [0.05, 0.1) is 9.83 Å². The van der Waals surface area contributed by atoms with Crippen LogP contribution in [0.15, 0.2) is 47.4 Å². The molecule has 2 amide bonds. The molecule has 2 heterocycles. The van der Waals surface area contributed by atoms with Crippen LogP contribution in [0.3, 0.4) is 0 Å². The molecule has 1 saturated heterocycles. The highest BCUT2D eigenvalue weighted by atomic mass is 32.2. The second-order valence-corrected chi connectivity index (χ2v) is 7.55. The number of thioether (sulfide) groups is 1. The number of amides is 2. The molecule has 0 spiro atoms. The zero-order chi connectivity index (χ0) is 20.5. The SMILES string of the molecule is O=C(NN1C(=O)C(=Cc2ccc3c(c2)OCO3)SC1=S)c1ccc([N+](=O)[O-])cc1. The summed E-state index contributed by atoms with van der Waals surface area (Å²) in [6.07, 6.45) is 1.64. The van der Waals surface area contributed by atoms with Gasteiger partial charge in [-0.1, -0.05) is 17.8 Å². The van der Waals surface area contributed by atoms with E-state index in [4.69, 9.17) is 21.7 Å². The number of hydrogen-bond acceptors (Lipinski definition) is 8. The van der Waals surface area contributed by atoms with E-state index in [0.717, 1.165) is 22.3 Å². The lowest BCUT2D eigenvalue weighted by Crippen LogP contribution is -2.44. The molecule has 29 heavy (non-hydrogen) atoms. The number of non-ortho nitro benzene ring substituents is 1. The number of hydrazine groups is 1. The lowest BCUT2D eigenvalue weighted by molar-refractivity contribution is -0.384. The van der Waals surface area contributed by atoms with Crippen LogP contribution in [-0.2, 0) is 4.79 Å². The molecule has 4 rings (SSSR count). The molecule has 2 aromatic rings. The summed E-state index contributed by atoms with van der Waals surface area (Å²) >= 11 is 6.24. The molecule has 1 N–H and O–H groups in total. The summed E-state index contributed by atoms with van der Waals surface area (Å²) in [4.78, 5) is 35.5. The van der Waals surface area contributed by atoms with E-state index in [9.17, 15) is 19.7 Å². The van der Waals surface area contributed by atoms with Crippen LogP contribution in [0, 0.1) is 10.1 Å². The summed E-state index contributed by atoms with van der Waals surface area (Å²) in [7, 11) is 0. The van der Waals surface area contributed by atoms with Crippen LogP contribution >= 0.6 is 24.0 Å². The number of nitro groups is 1. The summed E-state index contributed by atoms with van der Waals surface area (Å²) in [6, 6.07) is 10.3. The van der Waals surface area contributed by atoms with Gasteiger partial charge in [-0.05, 0) is 48.1 Å². The van der Waals surface area contributed by atoms with E-state index in [1.54, 1.807) is 24.3 Å². The first-order valence-corrected chi connectivity index (χ1v) is 9.38. The van der Waals surface area contributed by atoms with E-state index in [2.05, 4.69) is 5.43 Å².